The van der Waals surface area contributed by atoms with Crippen LogP contribution in [0.4, 0.5) is 11.4 Å². The highest BCUT2D eigenvalue weighted by molar-refractivity contribution is 6.02. The lowest BCUT2D eigenvalue weighted by Gasteiger charge is -2.19. The molecular formula is C26H23N5O2. The fraction of sp³-hybridized carbons (Fsp3) is 0.154. The predicted molar refractivity (Wildman–Crippen MR) is 128 cm³/mol. The number of para-hydroxylation sites is 1. The third kappa shape index (κ3) is 4.13. The lowest BCUT2D eigenvalue weighted by atomic mass is 10.1. The van der Waals surface area contributed by atoms with Gasteiger partial charge in [-0.15, -0.1) is 5.10 Å². The van der Waals surface area contributed by atoms with Crippen LogP contribution in [-0.2, 0) is 4.79 Å². The molecule has 1 saturated heterocycles. The van der Waals surface area contributed by atoms with Crippen LogP contribution in [0.5, 0.6) is 0 Å². The summed E-state index contributed by atoms with van der Waals surface area (Å²) >= 11 is 0. The van der Waals surface area contributed by atoms with Crippen molar-refractivity contribution in [3.63, 3.8) is 0 Å². The van der Waals surface area contributed by atoms with Crippen molar-refractivity contribution >= 4 is 23.2 Å². The largest absolute Gasteiger partial charge is 0.319 e. The molecule has 2 heterocycles. The number of benzene rings is 3. The average Bonchev–Trinajstić information content (AvgIpc) is 3.47. The number of nitrogens with zero attached hydrogens (tertiary/aromatic N) is 4. The van der Waals surface area contributed by atoms with Gasteiger partial charge in [-0.3, -0.25) is 9.59 Å². The fourth-order valence-electron chi connectivity index (χ4n) is 4.06. The Kier molecular flexibility index (Phi) is 5.44. The first-order chi connectivity index (χ1) is 16.1. The van der Waals surface area contributed by atoms with Crippen molar-refractivity contribution in [3.8, 4) is 17.1 Å². The van der Waals surface area contributed by atoms with Gasteiger partial charge >= 0.3 is 0 Å². The third-order valence-corrected chi connectivity index (χ3v) is 5.66. The minimum Gasteiger partial charge on any atom is -0.319 e. The van der Waals surface area contributed by atoms with E-state index in [-0.39, 0.29) is 11.7 Å². The van der Waals surface area contributed by atoms with Gasteiger partial charge in [0.05, 0.1) is 5.69 Å². The van der Waals surface area contributed by atoms with Crippen LogP contribution in [0.1, 0.15) is 29.0 Å². The molecule has 0 spiro atoms. The van der Waals surface area contributed by atoms with E-state index in [9.17, 15) is 9.59 Å². The van der Waals surface area contributed by atoms with E-state index >= 15 is 0 Å². The average molecular weight is 438 g/mol. The van der Waals surface area contributed by atoms with Crippen molar-refractivity contribution in [2.45, 2.75) is 19.8 Å². The van der Waals surface area contributed by atoms with Gasteiger partial charge in [0.15, 0.2) is 5.82 Å². The minimum absolute atomic E-state index is 0.0779. The summed E-state index contributed by atoms with van der Waals surface area (Å²) in [5, 5.41) is 7.40. The van der Waals surface area contributed by atoms with Crippen LogP contribution in [-0.4, -0.2) is 33.1 Å². The second-order valence-corrected chi connectivity index (χ2v) is 7.98. The summed E-state index contributed by atoms with van der Waals surface area (Å²) in [5.41, 5.74) is 4.12. The Hall–Kier alpha value is -4.26. The Labute approximate surface area is 191 Å². The van der Waals surface area contributed by atoms with Gasteiger partial charge in [-0.05, 0) is 49.2 Å². The summed E-state index contributed by atoms with van der Waals surface area (Å²) in [6.45, 7) is 2.67. The number of rotatable bonds is 5. The Morgan fingerprint density at radius 2 is 1.70 bits per heavy atom. The van der Waals surface area contributed by atoms with Gasteiger partial charge in [-0.25, -0.2) is 9.67 Å². The van der Waals surface area contributed by atoms with Crippen LogP contribution in [0.2, 0.25) is 0 Å². The van der Waals surface area contributed by atoms with Gasteiger partial charge in [0.2, 0.25) is 11.7 Å². The summed E-state index contributed by atoms with van der Waals surface area (Å²) < 4.78 is 1.68. The van der Waals surface area contributed by atoms with Crippen LogP contribution in [0.3, 0.4) is 0 Å². The van der Waals surface area contributed by atoms with Crippen molar-refractivity contribution in [1.82, 2.24) is 14.8 Å². The lowest BCUT2D eigenvalue weighted by Crippen LogP contribution is -2.24. The smallest absolute Gasteiger partial charge is 0.295 e. The lowest BCUT2D eigenvalue weighted by molar-refractivity contribution is -0.117. The zero-order valence-electron chi connectivity index (χ0n) is 18.2. The summed E-state index contributed by atoms with van der Waals surface area (Å²) in [4.78, 5) is 31.5. The fourth-order valence-corrected chi connectivity index (χ4v) is 4.06. The van der Waals surface area contributed by atoms with E-state index in [1.54, 1.807) is 15.6 Å². The molecule has 0 atom stereocenters. The summed E-state index contributed by atoms with van der Waals surface area (Å²) in [6, 6.07) is 24.8. The maximum absolute atomic E-state index is 13.0. The molecule has 1 aliphatic rings. The van der Waals surface area contributed by atoms with E-state index in [2.05, 4.69) is 15.4 Å². The van der Waals surface area contributed by atoms with E-state index < -0.39 is 5.91 Å². The van der Waals surface area contributed by atoms with Crippen LogP contribution in [0.15, 0.2) is 78.9 Å². The molecule has 0 unspecified atom stereocenters. The Bertz CT molecular complexity index is 1260. The van der Waals surface area contributed by atoms with Crippen LogP contribution < -0.4 is 10.2 Å². The molecule has 0 radical (unpaired) electrons. The first-order valence-electron chi connectivity index (χ1n) is 10.9. The summed E-state index contributed by atoms with van der Waals surface area (Å²) in [5.74, 6) is 0.408. The quantitative estimate of drug-likeness (QED) is 0.494. The minimum atomic E-state index is -0.397. The topological polar surface area (TPSA) is 80.1 Å². The highest BCUT2D eigenvalue weighted by Gasteiger charge is 2.23. The van der Waals surface area contributed by atoms with E-state index in [4.69, 9.17) is 0 Å². The number of anilines is 2. The zero-order valence-corrected chi connectivity index (χ0v) is 18.2. The van der Waals surface area contributed by atoms with Crippen LogP contribution >= 0.6 is 0 Å². The molecule has 0 saturated carbocycles. The standard InChI is InChI=1S/C26H23N5O2/c1-18-17-20(14-15-22(18)30-16-8-13-23(30)32)27-26(33)24-28-25(19-9-4-2-5-10-19)31(29-24)21-11-6-3-7-12-21/h2-7,9-12,14-15,17H,8,13,16H2,1H3,(H,27,33). The molecule has 1 fully saturated rings. The predicted octanol–water partition coefficient (Wildman–Crippen LogP) is 4.62. The van der Waals surface area contributed by atoms with Crippen molar-refractivity contribution < 1.29 is 9.59 Å². The SMILES string of the molecule is Cc1cc(NC(=O)c2nc(-c3ccccc3)n(-c3ccccc3)n2)ccc1N1CCCC1=O. The van der Waals surface area contributed by atoms with Gasteiger partial charge in [-0.1, -0.05) is 48.5 Å². The van der Waals surface area contributed by atoms with Crippen LogP contribution in [0.25, 0.3) is 17.1 Å². The Morgan fingerprint density at radius 3 is 2.36 bits per heavy atom. The Balaban J connectivity index is 1.44. The second-order valence-electron chi connectivity index (χ2n) is 7.98. The van der Waals surface area contributed by atoms with Crippen molar-refractivity contribution in [2.24, 2.45) is 0 Å². The molecule has 33 heavy (non-hydrogen) atoms. The third-order valence-electron chi connectivity index (χ3n) is 5.66. The number of amides is 2. The van der Waals surface area contributed by atoms with Crippen LogP contribution in [0, 0.1) is 6.92 Å². The van der Waals surface area contributed by atoms with Crippen molar-refractivity contribution in [3.05, 3.63) is 90.3 Å². The molecule has 7 heteroatoms. The number of aromatic nitrogens is 3. The van der Waals surface area contributed by atoms with Gasteiger partial charge in [0.25, 0.3) is 5.91 Å². The van der Waals surface area contributed by atoms with E-state index in [0.29, 0.717) is 17.9 Å². The van der Waals surface area contributed by atoms with E-state index in [0.717, 1.165) is 35.5 Å². The number of nitrogens with one attached hydrogen (secondary N) is 1. The summed E-state index contributed by atoms with van der Waals surface area (Å²) in [7, 11) is 0. The number of carbonyl (C=O) groups is 2. The van der Waals surface area contributed by atoms with E-state index in [1.165, 1.54) is 0 Å². The molecule has 1 aromatic heterocycles. The van der Waals surface area contributed by atoms with Gasteiger partial charge in [0, 0.05) is 29.9 Å². The zero-order chi connectivity index (χ0) is 22.8. The molecule has 1 N–H and O–H groups in total. The highest BCUT2D eigenvalue weighted by atomic mass is 16.2. The molecule has 3 aromatic carbocycles. The van der Waals surface area contributed by atoms with Gasteiger partial charge in [-0.2, -0.15) is 0 Å². The summed E-state index contributed by atoms with van der Waals surface area (Å²) in [6.07, 6.45) is 1.45. The van der Waals surface area contributed by atoms with Crippen molar-refractivity contribution in [2.75, 3.05) is 16.8 Å². The molecule has 2 amide bonds. The highest BCUT2D eigenvalue weighted by Crippen LogP contribution is 2.28. The number of aryl methyl sites for hydroxylation is 1. The van der Waals surface area contributed by atoms with E-state index in [1.807, 2.05) is 79.7 Å². The molecule has 5 rings (SSSR count). The second kappa shape index (κ2) is 8.70. The molecule has 1 aliphatic heterocycles. The van der Waals surface area contributed by atoms with Gasteiger partial charge in [0.1, 0.15) is 0 Å². The Morgan fingerprint density at radius 1 is 0.970 bits per heavy atom. The maximum Gasteiger partial charge on any atom is 0.295 e. The molecular weight excluding hydrogens is 414 g/mol. The van der Waals surface area contributed by atoms with Gasteiger partial charge < -0.3 is 10.2 Å². The first kappa shape index (κ1) is 20.6. The number of hydrogen-bond acceptors (Lipinski definition) is 4. The monoisotopic (exact) mass is 437 g/mol. The normalized spacial score (nSPS) is 13.4. The molecule has 0 aliphatic carbocycles. The first-order valence-corrected chi connectivity index (χ1v) is 10.9. The molecule has 7 nitrogen and oxygen atoms in total. The molecule has 164 valence electrons. The molecule has 4 aromatic rings. The maximum atomic E-state index is 13.0. The van der Waals surface area contributed by atoms with Crippen molar-refractivity contribution in [1.29, 1.82) is 0 Å². The number of hydrogen-bond donors (Lipinski definition) is 1. The number of carbonyl (C=O) groups excluding carboxylic acids is 2. The molecule has 0 bridgehead atoms.